The van der Waals surface area contributed by atoms with Gasteiger partial charge < -0.3 is 14.4 Å². The molecule has 2 atom stereocenters. The lowest BCUT2D eigenvalue weighted by molar-refractivity contribution is -0.130. The van der Waals surface area contributed by atoms with E-state index in [2.05, 4.69) is 0 Å². The first-order valence-corrected chi connectivity index (χ1v) is 9.73. The van der Waals surface area contributed by atoms with Crippen molar-refractivity contribution in [1.29, 1.82) is 0 Å². The van der Waals surface area contributed by atoms with E-state index in [0.717, 1.165) is 12.0 Å². The zero-order valence-corrected chi connectivity index (χ0v) is 16.7. The Morgan fingerprint density at radius 3 is 2.61 bits per heavy atom. The van der Waals surface area contributed by atoms with Gasteiger partial charge in [-0.2, -0.15) is 0 Å². The molecule has 1 aromatic carbocycles. The Kier molecular flexibility index (Phi) is 5.91. The van der Waals surface area contributed by atoms with E-state index in [9.17, 15) is 14.4 Å². The highest BCUT2D eigenvalue weighted by Gasteiger charge is 2.39. The molecule has 2 aliphatic rings. The molecule has 3 amide bonds. The third-order valence-electron chi connectivity index (χ3n) is 4.94. The molecule has 2 aliphatic heterocycles. The maximum atomic E-state index is 12.8. The van der Waals surface area contributed by atoms with Crippen LogP contribution in [0.25, 0.3) is 0 Å². The Labute approximate surface area is 165 Å². The van der Waals surface area contributed by atoms with Crippen molar-refractivity contribution >= 4 is 18.1 Å². The third-order valence-corrected chi connectivity index (χ3v) is 4.94. The predicted octanol–water partition coefficient (Wildman–Crippen LogP) is 3.22. The Morgan fingerprint density at radius 1 is 1.21 bits per heavy atom. The maximum Gasteiger partial charge on any atom is 0.416 e. The third kappa shape index (κ3) is 5.03. The van der Waals surface area contributed by atoms with Crippen LogP contribution in [-0.4, -0.2) is 59.2 Å². The molecule has 1 aromatic rings. The van der Waals surface area contributed by atoms with Crippen molar-refractivity contribution in [3.05, 3.63) is 35.9 Å². The molecule has 0 radical (unpaired) electrons. The lowest BCUT2D eigenvalue weighted by Gasteiger charge is -2.24. The van der Waals surface area contributed by atoms with E-state index in [0.29, 0.717) is 19.5 Å². The number of cyclic esters (lactones) is 1. The van der Waals surface area contributed by atoms with E-state index < -0.39 is 11.7 Å². The van der Waals surface area contributed by atoms with E-state index in [1.54, 1.807) is 4.90 Å². The fourth-order valence-corrected chi connectivity index (χ4v) is 3.64. The van der Waals surface area contributed by atoms with Crippen molar-refractivity contribution in [2.24, 2.45) is 5.92 Å². The molecule has 2 heterocycles. The molecule has 7 heteroatoms. The SMILES string of the molecule is CC(C)(C)OC(=O)N1CCC(CC(=O)N2C(=O)OC[C@@H]2Cc2ccccc2)C1. The monoisotopic (exact) mass is 388 g/mol. The standard InChI is InChI=1S/C21H28N2O5/c1-21(2,3)28-19(25)22-10-9-16(13-22)12-18(24)23-17(14-27-20(23)26)11-15-7-5-4-6-8-15/h4-8,16-17H,9-14H2,1-3H3/t16?,17-/m0/s1. The number of imide groups is 1. The minimum absolute atomic E-state index is 0.0193. The number of benzene rings is 1. The molecule has 7 nitrogen and oxygen atoms in total. The number of likely N-dealkylation sites (tertiary alicyclic amines) is 1. The van der Waals surface area contributed by atoms with E-state index >= 15 is 0 Å². The van der Waals surface area contributed by atoms with Crippen LogP contribution in [0.4, 0.5) is 9.59 Å². The number of rotatable bonds is 4. The summed E-state index contributed by atoms with van der Waals surface area (Å²) in [6, 6.07) is 9.46. The van der Waals surface area contributed by atoms with Crippen LogP contribution >= 0.6 is 0 Å². The van der Waals surface area contributed by atoms with Gasteiger partial charge in [0.25, 0.3) is 0 Å². The minimum Gasteiger partial charge on any atom is -0.447 e. The number of ether oxygens (including phenoxy) is 2. The van der Waals surface area contributed by atoms with Crippen LogP contribution in [-0.2, 0) is 20.7 Å². The van der Waals surface area contributed by atoms with E-state index in [-0.39, 0.29) is 37.0 Å². The number of hydrogen-bond donors (Lipinski definition) is 0. The molecule has 0 bridgehead atoms. The summed E-state index contributed by atoms with van der Waals surface area (Å²) in [5, 5.41) is 0. The van der Waals surface area contributed by atoms with Crippen molar-refractivity contribution < 1.29 is 23.9 Å². The summed E-state index contributed by atoms with van der Waals surface area (Å²) in [7, 11) is 0. The van der Waals surface area contributed by atoms with E-state index in [1.165, 1.54) is 4.90 Å². The van der Waals surface area contributed by atoms with Gasteiger partial charge in [-0.3, -0.25) is 4.79 Å². The summed E-state index contributed by atoms with van der Waals surface area (Å²) < 4.78 is 10.5. The summed E-state index contributed by atoms with van der Waals surface area (Å²) in [5.41, 5.74) is 0.509. The highest BCUT2D eigenvalue weighted by atomic mass is 16.6. The van der Waals surface area contributed by atoms with Gasteiger partial charge in [-0.25, -0.2) is 14.5 Å². The fraction of sp³-hybridized carbons (Fsp3) is 0.571. The maximum absolute atomic E-state index is 12.8. The van der Waals surface area contributed by atoms with Crippen molar-refractivity contribution in [3.8, 4) is 0 Å². The minimum atomic E-state index is -0.576. The molecule has 0 aromatic heterocycles. The smallest absolute Gasteiger partial charge is 0.416 e. The lowest BCUT2D eigenvalue weighted by Crippen LogP contribution is -2.41. The van der Waals surface area contributed by atoms with Crippen LogP contribution in [0.2, 0.25) is 0 Å². The molecule has 2 saturated heterocycles. The largest absolute Gasteiger partial charge is 0.447 e. The Balaban J connectivity index is 1.56. The molecule has 0 spiro atoms. The number of carbonyl (C=O) groups is 3. The highest BCUT2D eigenvalue weighted by molar-refractivity contribution is 5.93. The van der Waals surface area contributed by atoms with Crippen molar-refractivity contribution in [2.75, 3.05) is 19.7 Å². The van der Waals surface area contributed by atoms with E-state index in [4.69, 9.17) is 9.47 Å². The van der Waals surface area contributed by atoms with Crippen LogP contribution in [0.5, 0.6) is 0 Å². The zero-order chi connectivity index (χ0) is 20.3. The normalized spacial score (nSPS) is 22.3. The summed E-state index contributed by atoms with van der Waals surface area (Å²) in [6.07, 6.45) is 0.585. The molecular formula is C21H28N2O5. The first-order valence-electron chi connectivity index (χ1n) is 9.73. The summed E-state index contributed by atoms with van der Waals surface area (Å²) in [5.74, 6) is -0.217. The number of hydrogen-bond acceptors (Lipinski definition) is 5. The van der Waals surface area contributed by atoms with Crippen molar-refractivity contribution in [1.82, 2.24) is 9.80 Å². The van der Waals surface area contributed by atoms with Crippen molar-refractivity contribution in [2.45, 2.75) is 51.7 Å². The first-order chi connectivity index (χ1) is 13.2. The molecule has 0 N–H and O–H groups in total. The highest BCUT2D eigenvalue weighted by Crippen LogP contribution is 2.25. The van der Waals surface area contributed by atoms with Gasteiger partial charge in [-0.15, -0.1) is 0 Å². The average molecular weight is 388 g/mol. The number of nitrogens with zero attached hydrogens (tertiary/aromatic N) is 2. The fourth-order valence-electron chi connectivity index (χ4n) is 3.64. The second kappa shape index (κ2) is 8.20. The second-order valence-electron chi connectivity index (χ2n) is 8.47. The molecule has 3 rings (SSSR count). The van der Waals surface area contributed by atoms with Gasteiger partial charge in [0.2, 0.25) is 5.91 Å². The average Bonchev–Trinajstić information content (AvgIpc) is 3.21. The van der Waals surface area contributed by atoms with Crippen LogP contribution in [0, 0.1) is 5.92 Å². The van der Waals surface area contributed by atoms with Gasteiger partial charge in [-0.1, -0.05) is 30.3 Å². The van der Waals surface area contributed by atoms with Gasteiger partial charge >= 0.3 is 12.2 Å². The van der Waals surface area contributed by atoms with Gasteiger partial charge in [-0.05, 0) is 45.1 Å². The molecule has 0 saturated carbocycles. The quantitative estimate of drug-likeness (QED) is 0.792. The summed E-state index contributed by atoms with van der Waals surface area (Å²) in [6.45, 7) is 6.72. The molecule has 152 valence electrons. The van der Waals surface area contributed by atoms with Crippen LogP contribution < -0.4 is 0 Å². The van der Waals surface area contributed by atoms with Crippen LogP contribution in [0.15, 0.2) is 30.3 Å². The number of carbonyl (C=O) groups excluding carboxylic acids is 3. The Bertz CT molecular complexity index is 728. The molecule has 28 heavy (non-hydrogen) atoms. The van der Waals surface area contributed by atoms with Gasteiger partial charge in [0.1, 0.15) is 12.2 Å². The van der Waals surface area contributed by atoms with Gasteiger partial charge in [0.15, 0.2) is 0 Å². The summed E-state index contributed by atoms with van der Waals surface area (Å²) in [4.78, 5) is 40.0. The lowest BCUT2D eigenvalue weighted by atomic mass is 10.0. The molecule has 1 unspecified atom stereocenters. The molecular weight excluding hydrogens is 360 g/mol. The Morgan fingerprint density at radius 2 is 1.93 bits per heavy atom. The van der Waals surface area contributed by atoms with Gasteiger partial charge in [0.05, 0.1) is 6.04 Å². The van der Waals surface area contributed by atoms with Crippen LogP contribution in [0.3, 0.4) is 0 Å². The van der Waals surface area contributed by atoms with Crippen LogP contribution in [0.1, 0.15) is 39.2 Å². The predicted molar refractivity (Wildman–Crippen MR) is 103 cm³/mol. The topological polar surface area (TPSA) is 76.2 Å². The molecule has 0 aliphatic carbocycles. The zero-order valence-electron chi connectivity index (χ0n) is 16.7. The van der Waals surface area contributed by atoms with Crippen molar-refractivity contribution in [3.63, 3.8) is 0 Å². The Hall–Kier alpha value is -2.57. The number of amides is 3. The first kappa shape index (κ1) is 20.2. The molecule has 2 fully saturated rings. The van der Waals surface area contributed by atoms with Gasteiger partial charge in [0, 0.05) is 19.5 Å². The summed E-state index contributed by atoms with van der Waals surface area (Å²) >= 11 is 0. The second-order valence-corrected chi connectivity index (χ2v) is 8.47. The van der Waals surface area contributed by atoms with E-state index in [1.807, 2.05) is 51.1 Å².